The number of aromatic amines is 1. The van der Waals surface area contributed by atoms with Crippen LogP contribution in [0.3, 0.4) is 0 Å². The number of aromatic nitrogens is 2. The van der Waals surface area contributed by atoms with E-state index in [0.717, 1.165) is 34.5 Å². The number of para-hydroxylation sites is 1. The van der Waals surface area contributed by atoms with Crippen LogP contribution in [0.25, 0.3) is 11.0 Å². The summed E-state index contributed by atoms with van der Waals surface area (Å²) in [5.41, 5.74) is 2.14. The zero-order valence-corrected chi connectivity index (χ0v) is 11.1. The van der Waals surface area contributed by atoms with Crippen molar-refractivity contribution < 1.29 is 4.74 Å². The quantitative estimate of drug-likeness (QED) is 0.816. The molecule has 17 heavy (non-hydrogen) atoms. The monoisotopic (exact) mass is 250 g/mol. The number of unbranched alkanes of at least 4 members (excludes halogenated alkanes) is 1. The third kappa shape index (κ3) is 2.36. The van der Waals surface area contributed by atoms with E-state index in [9.17, 15) is 0 Å². The van der Waals surface area contributed by atoms with E-state index >= 15 is 0 Å². The van der Waals surface area contributed by atoms with Gasteiger partial charge in [-0.05, 0) is 37.7 Å². The summed E-state index contributed by atoms with van der Waals surface area (Å²) in [6.45, 7) is 5.80. The van der Waals surface area contributed by atoms with Gasteiger partial charge in [0, 0.05) is 6.54 Å². The first-order chi connectivity index (χ1) is 8.27. The van der Waals surface area contributed by atoms with Crippen molar-refractivity contribution in [3.05, 3.63) is 23.0 Å². The number of nitrogens with zero attached hydrogens (tertiary/aromatic N) is 1. The number of H-pyrrole nitrogens is 1. The van der Waals surface area contributed by atoms with Crippen LogP contribution < -0.4 is 4.74 Å². The minimum Gasteiger partial charge on any atom is -0.492 e. The van der Waals surface area contributed by atoms with Gasteiger partial charge in [-0.3, -0.25) is 0 Å². The van der Waals surface area contributed by atoms with Crippen LogP contribution >= 0.6 is 12.2 Å². The Morgan fingerprint density at radius 2 is 2.18 bits per heavy atom. The lowest BCUT2D eigenvalue weighted by Gasteiger charge is -2.05. The summed E-state index contributed by atoms with van der Waals surface area (Å²) in [5, 5.41) is 0. The molecule has 0 aliphatic rings. The van der Waals surface area contributed by atoms with E-state index in [-0.39, 0.29) is 0 Å². The number of fused-ring (bicyclic) bond motifs is 1. The largest absolute Gasteiger partial charge is 0.492 e. The summed E-state index contributed by atoms with van der Waals surface area (Å²) < 4.78 is 8.53. The van der Waals surface area contributed by atoms with Gasteiger partial charge in [0.25, 0.3) is 0 Å². The molecule has 0 saturated heterocycles. The van der Waals surface area contributed by atoms with Crippen LogP contribution in [0.4, 0.5) is 0 Å². The SMILES string of the molecule is CCCCn1c(=S)[nH]c2c(OCC)cccc21. The third-order valence-electron chi connectivity index (χ3n) is 2.81. The van der Waals surface area contributed by atoms with Crippen LogP contribution in [-0.4, -0.2) is 16.2 Å². The van der Waals surface area contributed by atoms with Crippen molar-refractivity contribution >= 4 is 23.3 Å². The van der Waals surface area contributed by atoms with E-state index in [2.05, 4.69) is 22.5 Å². The Kier molecular flexibility index (Phi) is 3.84. The fourth-order valence-corrected chi connectivity index (χ4v) is 2.26. The molecular weight excluding hydrogens is 232 g/mol. The predicted octanol–water partition coefficient (Wildman–Crippen LogP) is 3.90. The van der Waals surface area contributed by atoms with Crippen LogP contribution in [-0.2, 0) is 6.54 Å². The van der Waals surface area contributed by atoms with E-state index in [1.807, 2.05) is 19.1 Å². The summed E-state index contributed by atoms with van der Waals surface area (Å²) >= 11 is 5.36. The molecule has 92 valence electrons. The molecule has 0 bridgehead atoms. The molecule has 1 N–H and O–H groups in total. The lowest BCUT2D eigenvalue weighted by molar-refractivity contribution is 0.343. The first-order valence-corrected chi connectivity index (χ1v) is 6.53. The second-order valence-corrected chi connectivity index (χ2v) is 4.41. The Hall–Kier alpha value is -1.29. The number of rotatable bonds is 5. The van der Waals surface area contributed by atoms with Crippen molar-refractivity contribution in [2.24, 2.45) is 0 Å². The van der Waals surface area contributed by atoms with Gasteiger partial charge in [-0.25, -0.2) is 0 Å². The molecule has 0 saturated carbocycles. The Balaban J connectivity index is 2.51. The van der Waals surface area contributed by atoms with Crippen molar-refractivity contribution in [3.8, 4) is 5.75 Å². The first kappa shape index (κ1) is 12.2. The molecule has 0 spiro atoms. The maximum atomic E-state index is 5.60. The summed E-state index contributed by atoms with van der Waals surface area (Å²) in [6.07, 6.45) is 2.31. The number of ether oxygens (including phenoxy) is 1. The Bertz CT molecular complexity index is 556. The molecular formula is C13H18N2OS. The van der Waals surface area contributed by atoms with Gasteiger partial charge in [0.1, 0.15) is 11.3 Å². The second kappa shape index (κ2) is 5.36. The maximum absolute atomic E-state index is 5.60. The molecule has 4 heteroatoms. The molecule has 0 radical (unpaired) electrons. The normalized spacial score (nSPS) is 10.9. The highest BCUT2D eigenvalue weighted by Gasteiger charge is 2.08. The maximum Gasteiger partial charge on any atom is 0.178 e. The topological polar surface area (TPSA) is 29.9 Å². The van der Waals surface area contributed by atoms with E-state index < -0.39 is 0 Å². The van der Waals surface area contributed by atoms with Gasteiger partial charge >= 0.3 is 0 Å². The van der Waals surface area contributed by atoms with Crippen LogP contribution in [0.15, 0.2) is 18.2 Å². The van der Waals surface area contributed by atoms with Crippen molar-refractivity contribution in [1.82, 2.24) is 9.55 Å². The Morgan fingerprint density at radius 3 is 2.88 bits per heavy atom. The molecule has 2 rings (SSSR count). The Morgan fingerprint density at radius 1 is 1.35 bits per heavy atom. The van der Waals surface area contributed by atoms with Crippen LogP contribution in [0, 0.1) is 4.77 Å². The van der Waals surface area contributed by atoms with Crippen molar-refractivity contribution in [1.29, 1.82) is 0 Å². The van der Waals surface area contributed by atoms with Crippen LogP contribution in [0.1, 0.15) is 26.7 Å². The van der Waals surface area contributed by atoms with Crippen molar-refractivity contribution in [2.45, 2.75) is 33.2 Å². The molecule has 0 unspecified atom stereocenters. The zero-order chi connectivity index (χ0) is 12.3. The van der Waals surface area contributed by atoms with Gasteiger partial charge in [0.05, 0.1) is 12.1 Å². The van der Waals surface area contributed by atoms with Gasteiger partial charge in [0.15, 0.2) is 4.77 Å². The second-order valence-electron chi connectivity index (χ2n) is 4.02. The van der Waals surface area contributed by atoms with E-state index in [1.54, 1.807) is 0 Å². The highest BCUT2D eigenvalue weighted by molar-refractivity contribution is 7.71. The number of nitrogens with one attached hydrogen (secondary N) is 1. The standard InChI is InChI=1S/C13H18N2OS/c1-3-5-9-15-10-7-6-8-11(16-4-2)12(10)14-13(15)17/h6-8H,3-5,9H2,1-2H3,(H,14,17). The minimum absolute atomic E-state index is 0.667. The van der Waals surface area contributed by atoms with Gasteiger partial charge in [-0.1, -0.05) is 19.4 Å². The van der Waals surface area contributed by atoms with Gasteiger partial charge in [-0.15, -0.1) is 0 Å². The van der Waals surface area contributed by atoms with E-state index in [4.69, 9.17) is 17.0 Å². The van der Waals surface area contributed by atoms with E-state index in [0.29, 0.717) is 6.61 Å². The summed E-state index contributed by atoms with van der Waals surface area (Å²) in [5.74, 6) is 0.881. The molecule has 0 fully saturated rings. The molecule has 0 aliphatic heterocycles. The van der Waals surface area contributed by atoms with Crippen molar-refractivity contribution in [3.63, 3.8) is 0 Å². The average Bonchev–Trinajstić information content (AvgIpc) is 2.64. The number of benzene rings is 1. The van der Waals surface area contributed by atoms with Gasteiger partial charge in [-0.2, -0.15) is 0 Å². The number of imidazole rings is 1. The average molecular weight is 250 g/mol. The fourth-order valence-electron chi connectivity index (χ4n) is 1.97. The summed E-state index contributed by atoms with van der Waals surface area (Å²) in [4.78, 5) is 3.24. The predicted molar refractivity (Wildman–Crippen MR) is 73.2 cm³/mol. The number of hydrogen-bond donors (Lipinski definition) is 1. The smallest absolute Gasteiger partial charge is 0.178 e. The summed E-state index contributed by atoms with van der Waals surface area (Å²) in [6, 6.07) is 6.07. The fraction of sp³-hybridized carbons (Fsp3) is 0.462. The van der Waals surface area contributed by atoms with Crippen LogP contribution in [0.2, 0.25) is 0 Å². The Labute approximate surface area is 106 Å². The third-order valence-corrected chi connectivity index (χ3v) is 3.13. The van der Waals surface area contributed by atoms with Crippen molar-refractivity contribution in [2.75, 3.05) is 6.61 Å². The minimum atomic E-state index is 0.667. The molecule has 1 aromatic heterocycles. The first-order valence-electron chi connectivity index (χ1n) is 6.12. The lowest BCUT2D eigenvalue weighted by Crippen LogP contribution is -1.97. The molecule has 1 heterocycles. The molecule has 3 nitrogen and oxygen atoms in total. The molecule has 0 amide bonds. The van der Waals surface area contributed by atoms with Gasteiger partial charge < -0.3 is 14.3 Å². The molecule has 0 aliphatic carbocycles. The number of aryl methyl sites for hydroxylation is 1. The highest BCUT2D eigenvalue weighted by atomic mass is 32.1. The highest BCUT2D eigenvalue weighted by Crippen LogP contribution is 2.25. The lowest BCUT2D eigenvalue weighted by atomic mass is 10.3. The van der Waals surface area contributed by atoms with E-state index in [1.165, 1.54) is 6.42 Å². The molecule has 0 atom stereocenters. The van der Waals surface area contributed by atoms with Gasteiger partial charge in [0.2, 0.25) is 0 Å². The molecule has 2 aromatic rings. The molecule has 1 aromatic carbocycles. The summed E-state index contributed by atoms with van der Waals surface area (Å²) in [7, 11) is 0. The zero-order valence-electron chi connectivity index (χ0n) is 10.3. The number of hydrogen-bond acceptors (Lipinski definition) is 2. The van der Waals surface area contributed by atoms with Crippen LogP contribution in [0.5, 0.6) is 5.75 Å².